The van der Waals surface area contributed by atoms with Crippen molar-refractivity contribution in [2.24, 2.45) is 5.73 Å². The second kappa shape index (κ2) is 5.43. The summed E-state index contributed by atoms with van der Waals surface area (Å²) in [4.78, 5) is 13.2. The summed E-state index contributed by atoms with van der Waals surface area (Å²) in [7, 11) is 0. The van der Waals surface area contributed by atoms with Crippen LogP contribution in [0.3, 0.4) is 0 Å². The molecule has 1 saturated heterocycles. The zero-order valence-electron chi connectivity index (χ0n) is 10.4. The summed E-state index contributed by atoms with van der Waals surface area (Å²) in [5, 5.41) is 0. The number of likely N-dealkylation sites (tertiary alicyclic amines) is 1. The van der Waals surface area contributed by atoms with Gasteiger partial charge in [0.1, 0.15) is 6.29 Å². The smallest absolute Gasteiger partial charge is 0.150 e. The Morgan fingerprint density at radius 1 is 1.53 bits per heavy atom. The fraction of sp³-hybridized carbons (Fsp3) is 0.500. The lowest BCUT2D eigenvalue weighted by atomic mass is 9.92. The Kier molecular flexibility index (Phi) is 3.92. The summed E-state index contributed by atoms with van der Waals surface area (Å²) < 4.78 is 0. The number of hydrogen-bond acceptors (Lipinski definition) is 3. The first-order chi connectivity index (χ1) is 8.24. The summed E-state index contributed by atoms with van der Waals surface area (Å²) in [6.45, 7) is 6.01. The van der Waals surface area contributed by atoms with E-state index in [-0.39, 0.29) is 0 Å². The molecule has 0 aliphatic carbocycles. The van der Waals surface area contributed by atoms with Gasteiger partial charge in [0.05, 0.1) is 0 Å². The fourth-order valence-electron chi connectivity index (χ4n) is 2.64. The van der Waals surface area contributed by atoms with E-state index in [9.17, 15) is 4.79 Å². The summed E-state index contributed by atoms with van der Waals surface area (Å²) in [5.41, 5.74) is 8.98. The van der Waals surface area contributed by atoms with E-state index in [0.29, 0.717) is 5.92 Å². The van der Waals surface area contributed by atoms with E-state index in [2.05, 4.69) is 11.8 Å². The minimum atomic E-state index is 0.557. The van der Waals surface area contributed by atoms with Gasteiger partial charge in [0, 0.05) is 25.2 Å². The molecular weight excluding hydrogens is 212 g/mol. The van der Waals surface area contributed by atoms with Crippen molar-refractivity contribution in [3.8, 4) is 0 Å². The maximum absolute atomic E-state index is 10.8. The number of hydrogen-bond donors (Lipinski definition) is 1. The van der Waals surface area contributed by atoms with Crippen LogP contribution in [0, 0.1) is 6.92 Å². The number of carbonyl (C=O) groups excluding carboxylic acids is 1. The first-order valence-corrected chi connectivity index (χ1v) is 6.22. The minimum absolute atomic E-state index is 0.557. The molecule has 1 aromatic carbocycles. The Morgan fingerprint density at radius 3 is 3.06 bits per heavy atom. The van der Waals surface area contributed by atoms with Gasteiger partial charge in [-0.3, -0.25) is 4.79 Å². The third-order valence-corrected chi connectivity index (χ3v) is 3.60. The van der Waals surface area contributed by atoms with Gasteiger partial charge < -0.3 is 10.6 Å². The minimum Gasteiger partial charge on any atom is -0.329 e. The van der Waals surface area contributed by atoms with E-state index in [0.717, 1.165) is 38.0 Å². The molecule has 1 aromatic rings. The van der Waals surface area contributed by atoms with Crippen molar-refractivity contribution >= 4 is 6.29 Å². The molecule has 3 heteroatoms. The highest BCUT2D eigenvalue weighted by atomic mass is 16.1. The van der Waals surface area contributed by atoms with Crippen LogP contribution in [0.1, 0.15) is 33.8 Å². The molecule has 1 atom stereocenters. The number of nitrogens with zero attached hydrogens (tertiary/aromatic N) is 1. The topological polar surface area (TPSA) is 46.3 Å². The van der Waals surface area contributed by atoms with Crippen LogP contribution in [0.4, 0.5) is 0 Å². The van der Waals surface area contributed by atoms with Crippen molar-refractivity contribution in [2.75, 3.05) is 26.2 Å². The molecule has 2 N–H and O–H groups in total. The van der Waals surface area contributed by atoms with Gasteiger partial charge in [-0.2, -0.15) is 0 Å². The van der Waals surface area contributed by atoms with Crippen molar-refractivity contribution in [3.63, 3.8) is 0 Å². The van der Waals surface area contributed by atoms with Gasteiger partial charge >= 0.3 is 0 Å². The van der Waals surface area contributed by atoms with Crippen LogP contribution < -0.4 is 5.73 Å². The molecule has 17 heavy (non-hydrogen) atoms. The number of benzene rings is 1. The van der Waals surface area contributed by atoms with Gasteiger partial charge in [0.2, 0.25) is 0 Å². The van der Waals surface area contributed by atoms with Crippen molar-refractivity contribution < 1.29 is 4.79 Å². The monoisotopic (exact) mass is 232 g/mol. The van der Waals surface area contributed by atoms with Gasteiger partial charge in [0.25, 0.3) is 0 Å². The molecule has 1 aliphatic heterocycles. The molecule has 1 heterocycles. The highest BCUT2D eigenvalue weighted by Gasteiger charge is 2.24. The number of aldehydes is 1. The lowest BCUT2D eigenvalue weighted by Crippen LogP contribution is -2.27. The van der Waals surface area contributed by atoms with Gasteiger partial charge in [0.15, 0.2) is 0 Å². The summed E-state index contributed by atoms with van der Waals surface area (Å²) in [5.74, 6) is 0.557. The summed E-state index contributed by atoms with van der Waals surface area (Å²) >= 11 is 0. The number of carbonyl (C=O) groups is 1. The lowest BCUT2D eigenvalue weighted by molar-refractivity contribution is 0.112. The average Bonchev–Trinajstić information content (AvgIpc) is 2.79. The molecular formula is C14H20N2O. The predicted molar refractivity (Wildman–Crippen MR) is 69.4 cm³/mol. The molecule has 92 valence electrons. The fourth-order valence-corrected chi connectivity index (χ4v) is 2.64. The Bertz CT molecular complexity index is 403. The standard InChI is InChI=1S/C14H20N2O/c1-11-2-3-12(10-17)8-14(11)13-4-6-16(9-13)7-5-15/h2-3,8,10,13H,4-7,9,15H2,1H3. The van der Waals surface area contributed by atoms with E-state index in [1.165, 1.54) is 17.5 Å². The zero-order chi connectivity index (χ0) is 12.3. The lowest BCUT2D eigenvalue weighted by Gasteiger charge is -2.16. The zero-order valence-corrected chi connectivity index (χ0v) is 10.4. The first kappa shape index (κ1) is 12.3. The van der Waals surface area contributed by atoms with Crippen molar-refractivity contribution in [1.82, 2.24) is 4.90 Å². The van der Waals surface area contributed by atoms with Crippen LogP contribution in [-0.4, -0.2) is 37.4 Å². The molecule has 1 fully saturated rings. The molecule has 1 aliphatic rings. The Morgan fingerprint density at radius 2 is 2.35 bits per heavy atom. The van der Waals surface area contributed by atoms with Crippen molar-refractivity contribution in [2.45, 2.75) is 19.3 Å². The quantitative estimate of drug-likeness (QED) is 0.801. The van der Waals surface area contributed by atoms with Crippen LogP contribution >= 0.6 is 0 Å². The molecule has 0 radical (unpaired) electrons. The van der Waals surface area contributed by atoms with E-state index in [1.807, 2.05) is 18.2 Å². The van der Waals surface area contributed by atoms with E-state index in [4.69, 9.17) is 5.73 Å². The van der Waals surface area contributed by atoms with E-state index >= 15 is 0 Å². The van der Waals surface area contributed by atoms with Gasteiger partial charge in [-0.1, -0.05) is 12.1 Å². The SMILES string of the molecule is Cc1ccc(C=O)cc1C1CCN(CCN)C1. The molecule has 0 amide bonds. The third-order valence-electron chi connectivity index (χ3n) is 3.60. The van der Waals surface area contributed by atoms with Crippen LogP contribution in [0.5, 0.6) is 0 Å². The van der Waals surface area contributed by atoms with Gasteiger partial charge in [-0.05, 0) is 43.0 Å². The maximum atomic E-state index is 10.8. The van der Waals surface area contributed by atoms with Crippen molar-refractivity contribution in [3.05, 3.63) is 34.9 Å². The normalized spacial score (nSPS) is 20.7. The van der Waals surface area contributed by atoms with Gasteiger partial charge in [-0.15, -0.1) is 0 Å². The third kappa shape index (κ3) is 2.73. The Hall–Kier alpha value is -1.19. The predicted octanol–water partition coefficient (Wildman–Crippen LogP) is 1.56. The molecule has 3 nitrogen and oxygen atoms in total. The number of aryl methyl sites for hydroxylation is 1. The van der Waals surface area contributed by atoms with E-state index in [1.54, 1.807) is 0 Å². The summed E-state index contributed by atoms with van der Waals surface area (Å²) in [6, 6.07) is 5.97. The molecule has 2 rings (SSSR count). The van der Waals surface area contributed by atoms with Crippen LogP contribution in [-0.2, 0) is 0 Å². The first-order valence-electron chi connectivity index (χ1n) is 6.22. The molecule has 0 aromatic heterocycles. The Labute approximate surface area is 103 Å². The summed E-state index contributed by atoms with van der Waals surface area (Å²) in [6.07, 6.45) is 2.10. The second-order valence-electron chi connectivity index (χ2n) is 4.81. The second-order valence-corrected chi connectivity index (χ2v) is 4.81. The maximum Gasteiger partial charge on any atom is 0.150 e. The number of nitrogens with two attached hydrogens (primary N) is 1. The highest BCUT2D eigenvalue weighted by molar-refractivity contribution is 5.75. The Balaban J connectivity index is 2.15. The number of rotatable bonds is 4. The average molecular weight is 232 g/mol. The molecule has 0 saturated carbocycles. The highest BCUT2D eigenvalue weighted by Crippen LogP contribution is 2.29. The van der Waals surface area contributed by atoms with Crippen LogP contribution in [0.2, 0.25) is 0 Å². The van der Waals surface area contributed by atoms with E-state index < -0.39 is 0 Å². The van der Waals surface area contributed by atoms with Crippen molar-refractivity contribution in [1.29, 1.82) is 0 Å². The molecule has 0 bridgehead atoms. The van der Waals surface area contributed by atoms with Crippen LogP contribution in [0.25, 0.3) is 0 Å². The largest absolute Gasteiger partial charge is 0.329 e. The van der Waals surface area contributed by atoms with Gasteiger partial charge in [-0.25, -0.2) is 0 Å². The van der Waals surface area contributed by atoms with Crippen LogP contribution in [0.15, 0.2) is 18.2 Å². The molecule has 1 unspecified atom stereocenters. The molecule has 0 spiro atoms.